The third-order valence-corrected chi connectivity index (χ3v) is 4.57. The molecule has 6 nitrogen and oxygen atoms in total. The Balaban J connectivity index is 2.37. The molecule has 0 atom stereocenters. The minimum atomic E-state index is -0.291. The van der Waals surface area contributed by atoms with E-state index in [2.05, 4.69) is 20.9 Å². The summed E-state index contributed by atoms with van der Waals surface area (Å²) in [7, 11) is 0. The van der Waals surface area contributed by atoms with Crippen LogP contribution in [-0.2, 0) is 16.0 Å². The molecule has 0 fully saturated rings. The van der Waals surface area contributed by atoms with Gasteiger partial charge in [0.1, 0.15) is 5.69 Å². The van der Waals surface area contributed by atoms with E-state index in [1.54, 1.807) is 11.8 Å². The van der Waals surface area contributed by atoms with Crippen molar-refractivity contribution in [3.63, 3.8) is 0 Å². The molecule has 0 saturated heterocycles. The SMILES string of the molecule is CCOC(=O)CCN(CC)C(=O)c1c(CC)nc2c(Br)cc(C)cn12. The fourth-order valence-corrected chi connectivity index (χ4v) is 3.41. The highest BCUT2D eigenvalue weighted by atomic mass is 79.9. The van der Waals surface area contributed by atoms with Gasteiger partial charge in [0.25, 0.3) is 5.91 Å². The van der Waals surface area contributed by atoms with E-state index in [-0.39, 0.29) is 18.3 Å². The summed E-state index contributed by atoms with van der Waals surface area (Å²) in [6, 6.07) is 1.98. The van der Waals surface area contributed by atoms with Gasteiger partial charge < -0.3 is 9.64 Å². The zero-order chi connectivity index (χ0) is 18.6. The average Bonchev–Trinajstić information content (AvgIpc) is 2.94. The fraction of sp³-hybridized carbons (Fsp3) is 0.500. The number of carbonyl (C=O) groups is 2. The molecule has 0 bridgehead atoms. The number of esters is 1. The fourth-order valence-electron chi connectivity index (χ4n) is 2.76. The van der Waals surface area contributed by atoms with Crippen LogP contribution in [0.5, 0.6) is 0 Å². The van der Waals surface area contributed by atoms with Gasteiger partial charge in [0.05, 0.1) is 23.2 Å². The van der Waals surface area contributed by atoms with Crippen LogP contribution in [0, 0.1) is 6.92 Å². The highest BCUT2D eigenvalue weighted by molar-refractivity contribution is 9.10. The zero-order valence-corrected chi connectivity index (χ0v) is 16.7. The second kappa shape index (κ2) is 8.47. The highest BCUT2D eigenvalue weighted by Crippen LogP contribution is 2.24. The van der Waals surface area contributed by atoms with E-state index in [0.717, 1.165) is 21.4 Å². The van der Waals surface area contributed by atoms with Crippen molar-refractivity contribution in [3.8, 4) is 0 Å². The van der Waals surface area contributed by atoms with Gasteiger partial charge in [0.2, 0.25) is 0 Å². The molecule has 0 aliphatic carbocycles. The minimum absolute atomic E-state index is 0.117. The number of nitrogens with zero attached hydrogens (tertiary/aromatic N) is 3. The Morgan fingerprint density at radius 3 is 2.64 bits per heavy atom. The molecule has 0 aromatic carbocycles. The predicted molar refractivity (Wildman–Crippen MR) is 99.8 cm³/mol. The largest absolute Gasteiger partial charge is 0.466 e. The highest BCUT2D eigenvalue weighted by Gasteiger charge is 2.24. The van der Waals surface area contributed by atoms with Gasteiger partial charge >= 0.3 is 5.97 Å². The van der Waals surface area contributed by atoms with Gasteiger partial charge in [-0.1, -0.05) is 6.92 Å². The van der Waals surface area contributed by atoms with E-state index in [1.807, 2.05) is 37.4 Å². The van der Waals surface area contributed by atoms with Crippen LogP contribution in [0.3, 0.4) is 0 Å². The Morgan fingerprint density at radius 2 is 2.04 bits per heavy atom. The molecule has 2 aromatic rings. The van der Waals surface area contributed by atoms with Crippen LogP contribution in [0.25, 0.3) is 5.65 Å². The Bertz CT molecular complexity index is 785. The first-order chi connectivity index (χ1) is 11.9. The molecule has 136 valence electrons. The summed E-state index contributed by atoms with van der Waals surface area (Å²) in [5.74, 6) is -0.408. The standard InChI is InChI=1S/C18H24BrN3O3/c1-5-14-16(22-11-12(4)10-13(19)17(22)20-14)18(24)21(6-2)9-8-15(23)25-7-3/h10-11H,5-9H2,1-4H3. The third kappa shape index (κ3) is 4.21. The number of aryl methyl sites for hydroxylation is 2. The lowest BCUT2D eigenvalue weighted by Gasteiger charge is -2.21. The van der Waals surface area contributed by atoms with Crippen molar-refractivity contribution in [3.05, 3.63) is 33.7 Å². The van der Waals surface area contributed by atoms with Crippen molar-refractivity contribution < 1.29 is 14.3 Å². The number of aromatic nitrogens is 2. The molecular formula is C18H24BrN3O3. The molecule has 0 aliphatic heterocycles. The molecule has 0 saturated carbocycles. The second-order valence-corrected chi connectivity index (χ2v) is 6.61. The van der Waals surface area contributed by atoms with Gasteiger partial charge in [0, 0.05) is 19.3 Å². The number of rotatable bonds is 7. The molecule has 7 heteroatoms. The maximum absolute atomic E-state index is 13.1. The van der Waals surface area contributed by atoms with Crippen molar-refractivity contribution in [2.75, 3.05) is 19.7 Å². The van der Waals surface area contributed by atoms with Crippen LogP contribution in [-0.4, -0.2) is 45.9 Å². The van der Waals surface area contributed by atoms with Crippen LogP contribution in [0.2, 0.25) is 0 Å². The maximum atomic E-state index is 13.1. The monoisotopic (exact) mass is 409 g/mol. The number of imidazole rings is 1. The number of halogens is 1. The molecule has 0 spiro atoms. The van der Waals surface area contributed by atoms with Gasteiger partial charge in [0.15, 0.2) is 5.65 Å². The number of hydrogen-bond donors (Lipinski definition) is 0. The van der Waals surface area contributed by atoms with Crippen LogP contribution in [0.1, 0.15) is 48.9 Å². The first kappa shape index (κ1) is 19.4. The average molecular weight is 410 g/mol. The summed E-state index contributed by atoms with van der Waals surface area (Å²) in [5.41, 5.74) is 3.08. The Morgan fingerprint density at radius 1 is 1.32 bits per heavy atom. The number of amides is 1. The van der Waals surface area contributed by atoms with E-state index < -0.39 is 0 Å². The Labute approximate surface area is 156 Å². The lowest BCUT2D eigenvalue weighted by Crippen LogP contribution is -2.34. The lowest BCUT2D eigenvalue weighted by molar-refractivity contribution is -0.143. The van der Waals surface area contributed by atoms with Gasteiger partial charge in [-0.25, -0.2) is 4.98 Å². The Hall–Kier alpha value is -1.89. The Kier molecular flexibility index (Phi) is 6.58. The van der Waals surface area contributed by atoms with E-state index in [9.17, 15) is 9.59 Å². The van der Waals surface area contributed by atoms with Gasteiger partial charge in [-0.15, -0.1) is 0 Å². The second-order valence-electron chi connectivity index (χ2n) is 5.76. The molecule has 25 heavy (non-hydrogen) atoms. The van der Waals surface area contributed by atoms with Crippen molar-refractivity contribution in [1.29, 1.82) is 0 Å². The summed E-state index contributed by atoms with van der Waals surface area (Å²) in [6.07, 6.45) is 2.76. The first-order valence-electron chi connectivity index (χ1n) is 8.54. The van der Waals surface area contributed by atoms with Gasteiger partial charge in [-0.3, -0.25) is 14.0 Å². The predicted octanol–water partition coefficient (Wildman–Crippen LogP) is 3.38. The molecule has 1 amide bonds. The third-order valence-electron chi connectivity index (χ3n) is 3.98. The molecule has 2 aromatic heterocycles. The van der Waals surface area contributed by atoms with Crippen LogP contribution >= 0.6 is 15.9 Å². The summed E-state index contributed by atoms with van der Waals surface area (Å²) in [4.78, 5) is 31.0. The number of carbonyl (C=O) groups excluding carboxylic acids is 2. The van der Waals surface area contributed by atoms with Crippen molar-refractivity contribution in [2.24, 2.45) is 0 Å². The molecule has 0 radical (unpaired) electrons. The summed E-state index contributed by atoms with van der Waals surface area (Å²) in [5, 5.41) is 0. The summed E-state index contributed by atoms with van der Waals surface area (Å²) < 4.78 is 7.65. The van der Waals surface area contributed by atoms with Gasteiger partial charge in [-0.2, -0.15) is 0 Å². The van der Waals surface area contributed by atoms with Gasteiger partial charge in [-0.05, 0) is 54.8 Å². The molecule has 2 heterocycles. The first-order valence-corrected chi connectivity index (χ1v) is 9.34. The molecule has 0 unspecified atom stereocenters. The van der Waals surface area contributed by atoms with E-state index in [1.165, 1.54) is 0 Å². The molecular weight excluding hydrogens is 386 g/mol. The lowest BCUT2D eigenvalue weighted by atomic mass is 10.2. The normalized spacial score (nSPS) is 10.9. The summed E-state index contributed by atoms with van der Waals surface area (Å²) in [6.45, 7) is 8.82. The topological polar surface area (TPSA) is 63.9 Å². The maximum Gasteiger partial charge on any atom is 0.307 e. The van der Waals surface area contributed by atoms with Crippen LogP contribution in [0.4, 0.5) is 0 Å². The molecule has 0 aliphatic rings. The number of hydrogen-bond acceptors (Lipinski definition) is 4. The van der Waals surface area contributed by atoms with E-state index >= 15 is 0 Å². The van der Waals surface area contributed by atoms with Crippen molar-refractivity contribution in [1.82, 2.24) is 14.3 Å². The van der Waals surface area contributed by atoms with Crippen molar-refractivity contribution in [2.45, 2.75) is 40.5 Å². The van der Waals surface area contributed by atoms with Crippen LogP contribution < -0.4 is 0 Å². The van der Waals surface area contributed by atoms with E-state index in [0.29, 0.717) is 31.8 Å². The van der Waals surface area contributed by atoms with Crippen molar-refractivity contribution >= 4 is 33.5 Å². The zero-order valence-electron chi connectivity index (χ0n) is 15.1. The number of pyridine rings is 1. The minimum Gasteiger partial charge on any atom is -0.466 e. The molecule has 0 N–H and O–H groups in total. The molecule has 2 rings (SSSR count). The quantitative estimate of drug-likeness (QED) is 0.657. The number of ether oxygens (including phenoxy) is 1. The van der Waals surface area contributed by atoms with E-state index in [4.69, 9.17) is 4.74 Å². The van der Waals surface area contributed by atoms with Crippen LogP contribution in [0.15, 0.2) is 16.7 Å². The smallest absolute Gasteiger partial charge is 0.307 e. The summed E-state index contributed by atoms with van der Waals surface area (Å²) >= 11 is 3.53. The number of fused-ring (bicyclic) bond motifs is 1.